The molecule has 1 heterocycles. The molecule has 0 saturated carbocycles. The molecule has 3 aromatic rings. The molecule has 0 saturated heterocycles. The average Bonchev–Trinajstić information content (AvgIpc) is 2.95. The normalized spacial score (nSPS) is 11.5. The predicted octanol–water partition coefficient (Wildman–Crippen LogP) is 5.06. The highest BCUT2D eigenvalue weighted by Crippen LogP contribution is 2.29. The summed E-state index contributed by atoms with van der Waals surface area (Å²) in [5, 5.41) is 2.21. The molecule has 1 aromatic heterocycles. The van der Waals surface area contributed by atoms with Crippen LogP contribution in [0, 0.1) is 5.82 Å². The maximum absolute atomic E-state index is 13.0. The van der Waals surface area contributed by atoms with E-state index in [0.29, 0.717) is 16.3 Å². The van der Waals surface area contributed by atoms with Crippen LogP contribution in [0.4, 0.5) is 9.52 Å². The first-order valence-electron chi connectivity index (χ1n) is 6.54. The maximum Gasteiger partial charge on any atom is 0.265 e. The lowest BCUT2D eigenvalue weighted by Crippen LogP contribution is -2.13. The molecular weight excluding hydrogens is 394 g/mol. The molecule has 0 atom stereocenters. The number of thiazole rings is 1. The van der Waals surface area contributed by atoms with E-state index in [9.17, 15) is 12.8 Å². The molecule has 0 unspecified atom stereocenters. The SMILES string of the molecule is O=S(=O)(Nc1nc(-c2ccc(F)cc2)cs1)c1ccc(Cl)cc1Cl. The van der Waals surface area contributed by atoms with Gasteiger partial charge in [0.15, 0.2) is 5.13 Å². The minimum atomic E-state index is -3.89. The molecule has 0 spiro atoms. The zero-order chi connectivity index (χ0) is 17.3. The lowest BCUT2D eigenvalue weighted by Gasteiger charge is -2.07. The third-order valence-corrected chi connectivity index (χ3v) is 5.99. The fourth-order valence-electron chi connectivity index (χ4n) is 1.94. The summed E-state index contributed by atoms with van der Waals surface area (Å²) >= 11 is 12.8. The smallest absolute Gasteiger partial charge is 0.255 e. The van der Waals surface area contributed by atoms with Crippen molar-refractivity contribution in [2.24, 2.45) is 0 Å². The van der Waals surface area contributed by atoms with E-state index in [1.54, 1.807) is 17.5 Å². The second-order valence-electron chi connectivity index (χ2n) is 4.73. The van der Waals surface area contributed by atoms with Crippen molar-refractivity contribution in [3.05, 3.63) is 63.7 Å². The highest BCUT2D eigenvalue weighted by molar-refractivity contribution is 7.93. The monoisotopic (exact) mass is 402 g/mol. The standard InChI is InChI=1S/C15H9Cl2FN2O2S2/c16-10-3-6-14(12(17)7-10)24(21,22)20-15-19-13(8-23-15)9-1-4-11(18)5-2-9/h1-8H,(H,19,20). The van der Waals surface area contributed by atoms with Gasteiger partial charge < -0.3 is 0 Å². The fraction of sp³-hybridized carbons (Fsp3) is 0. The summed E-state index contributed by atoms with van der Waals surface area (Å²) in [4.78, 5) is 4.11. The molecule has 0 aliphatic carbocycles. The van der Waals surface area contributed by atoms with Gasteiger partial charge in [-0.2, -0.15) is 0 Å². The van der Waals surface area contributed by atoms with E-state index in [-0.39, 0.29) is 20.9 Å². The maximum atomic E-state index is 13.0. The predicted molar refractivity (Wildman–Crippen MR) is 94.8 cm³/mol. The highest BCUT2D eigenvalue weighted by atomic mass is 35.5. The summed E-state index contributed by atoms with van der Waals surface area (Å²) in [7, 11) is -3.89. The van der Waals surface area contributed by atoms with E-state index in [4.69, 9.17) is 23.2 Å². The van der Waals surface area contributed by atoms with Crippen LogP contribution in [0.5, 0.6) is 0 Å². The first-order chi connectivity index (χ1) is 11.3. The number of nitrogens with zero attached hydrogens (tertiary/aromatic N) is 1. The Labute approximate surface area is 151 Å². The molecule has 0 bridgehead atoms. The highest BCUT2D eigenvalue weighted by Gasteiger charge is 2.20. The third-order valence-electron chi connectivity index (χ3n) is 3.05. The number of hydrogen-bond acceptors (Lipinski definition) is 4. The van der Waals surface area contributed by atoms with Crippen LogP contribution in [-0.4, -0.2) is 13.4 Å². The summed E-state index contributed by atoms with van der Waals surface area (Å²) < 4.78 is 40.1. The molecule has 0 aliphatic rings. The number of nitrogens with one attached hydrogen (secondary N) is 1. The molecule has 0 amide bonds. The van der Waals surface area contributed by atoms with Crippen molar-refractivity contribution in [3.8, 4) is 11.3 Å². The molecule has 0 radical (unpaired) electrons. The molecule has 9 heteroatoms. The van der Waals surface area contributed by atoms with Crippen LogP contribution >= 0.6 is 34.5 Å². The topological polar surface area (TPSA) is 59.1 Å². The number of hydrogen-bond donors (Lipinski definition) is 1. The summed E-state index contributed by atoms with van der Waals surface area (Å²) in [5.41, 5.74) is 1.22. The van der Waals surface area contributed by atoms with Crippen LogP contribution in [0.3, 0.4) is 0 Å². The van der Waals surface area contributed by atoms with Gasteiger partial charge in [-0.15, -0.1) is 11.3 Å². The van der Waals surface area contributed by atoms with Crippen LogP contribution in [-0.2, 0) is 10.0 Å². The zero-order valence-electron chi connectivity index (χ0n) is 11.8. The quantitative estimate of drug-likeness (QED) is 0.663. The van der Waals surface area contributed by atoms with Crippen molar-refractivity contribution in [1.29, 1.82) is 0 Å². The number of sulfonamides is 1. The van der Waals surface area contributed by atoms with Gasteiger partial charge in [0.1, 0.15) is 10.7 Å². The van der Waals surface area contributed by atoms with Crippen molar-refractivity contribution in [2.75, 3.05) is 4.72 Å². The zero-order valence-corrected chi connectivity index (χ0v) is 15.0. The van der Waals surface area contributed by atoms with Gasteiger partial charge in [0.2, 0.25) is 0 Å². The van der Waals surface area contributed by atoms with Crippen LogP contribution in [0.1, 0.15) is 0 Å². The number of anilines is 1. The van der Waals surface area contributed by atoms with Gasteiger partial charge in [-0.1, -0.05) is 23.2 Å². The van der Waals surface area contributed by atoms with Gasteiger partial charge in [-0.25, -0.2) is 17.8 Å². The Kier molecular flexibility index (Phi) is 4.78. The van der Waals surface area contributed by atoms with Crippen molar-refractivity contribution in [2.45, 2.75) is 4.90 Å². The lowest BCUT2D eigenvalue weighted by molar-refractivity contribution is 0.601. The van der Waals surface area contributed by atoms with Crippen LogP contribution in [0.25, 0.3) is 11.3 Å². The summed E-state index contributed by atoms with van der Waals surface area (Å²) in [6.07, 6.45) is 0. The Hall–Kier alpha value is -1.67. The molecule has 124 valence electrons. The van der Waals surface area contributed by atoms with E-state index in [2.05, 4.69) is 9.71 Å². The summed E-state index contributed by atoms with van der Waals surface area (Å²) in [6, 6.07) is 9.87. The van der Waals surface area contributed by atoms with E-state index < -0.39 is 10.0 Å². The van der Waals surface area contributed by atoms with Gasteiger partial charge in [-0.3, -0.25) is 4.72 Å². The van der Waals surface area contributed by atoms with Gasteiger partial charge in [0.25, 0.3) is 10.0 Å². The van der Waals surface area contributed by atoms with E-state index in [0.717, 1.165) is 11.3 Å². The molecule has 0 fully saturated rings. The average molecular weight is 403 g/mol. The Balaban J connectivity index is 1.87. The van der Waals surface area contributed by atoms with E-state index in [1.807, 2.05) is 0 Å². The Morgan fingerprint density at radius 1 is 1.08 bits per heavy atom. The second kappa shape index (κ2) is 6.68. The Bertz CT molecular complexity index is 989. The van der Waals surface area contributed by atoms with Crippen molar-refractivity contribution in [1.82, 2.24) is 4.98 Å². The van der Waals surface area contributed by atoms with Gasteiger partial charge >= 0.3 is 0 Å². The molecule has 3 rings (SSSR count). The van der Waals surface area contributed by atoms with Gasteiger partial charge in [-0.05, 0) is 42.5 Å². The molecule has 4 nitrogen and oxygen atoms in total. The first-order valence-corrected chi connectivity index (χ1v) is 9.66. The molecule has 24 heavy (non-hydrogen) atoms. The third kappa shape index (κ3) is 3.70. The van der Waals surface area contributed by atoms with Crippen LogP contribution in [0.2, 0.25) is 10.0 Å². The number of benzene rings is 2. The van der Waals surface area contributed by atoms with E-state index >= 15 is 0 Å². The summed E-state index contributed by atoms with van der Waals surface area (Å²) in [5.74, 6) is -0.354. The Morgan fingerprint density at radius 3 is 2.46 bits per heavy atom. The molecular formula is C15H9Cl2FN2O2S2. The molecule has 2 aromatic carbocycles. The Morgan fingerprint density at radius 2 is 1.79 bits per heavy atom. The minimum Gasteiger partial charge on any atom is -0.255 e. The van der Waals surface area contributed by atoms with Gasteiger partial charge in [0, 0.05) is 16.0 Å². The fourth-order valence-corrected chi connectivity index (χ4v) is 4.68. The van der Waals surface area contributed by atoms with Crippen LogP contribution in [0.15, 0.2) is 52.7 Å². The number of aromatic nitrogens is 1. The first kappa shape index (κ1) is 17.2. The van der Waals surface area contributed by atoms with Crippen molar-refractivity contribution >= 4 is 49.7 Å². The molecule has 0 aliphatic heterocycles. The summed E-state index contributed by atoms with van der Waals surface area (Å²) in [6.45, 7) is 0. The van der Waals surface area contributed by atoms with Crippen molar-refractivity contribution < 1.29 is 12.8 Å². The lowest BCUT2D eigenvalue weighted by atomic mass is 10.2. The largest absolute Gasteiger partial charge is 0.265 e. The van der Waals surface area contributed by atoms with Crippen LogP contribution < -0.4 is 4.72 Å². The van der Waals surface area contributed by atoms with Gasteiger partial charge in [0.05, 0.1) is 10.7 Å². The minimum absolute atomic E-state index is 0.0188. The number of rotatable bonds is 4. The number of halogens is 3. The second-order valence-corrected chi connectivity index (χ2v) is 8.08. The molecule has 1 N–H and O–H groups in total. The van der Waals surface area contributed by atoms with E-state index in [1.165, 1.54) is 30.3 Å². The van der Waals surface area contributed by atoms with Crippen molar-refractivity contribution in [3.63, 3.8) is 0 Å².